The average molecular weight is 542 g/mol. The third kappa shape index (κ3) is 4.66. The van der Waals surface area contributed by atoms with Gasteiger partial charge in [0.15, 0.2) is 4.80 Å². The first kappa shape index (κ1) is 24.8. The average Bonchev–Trinajstić information content (AvgIpc) is 3.24. The van der Waals surface area contributed by atoms with E-state index >= 15 is 0 Å². The number of rotatable bonds is 4. The van der Waals surface area contributed by atoms with Gasteiger partial charge in [-0.15, -0.1) is 0 Å². The maximum Gasteiger partial charge on any atom is 0.276 e. The molecule has 2 aliphatic rings. The summed E-state index contributed by atoms with van der Waals surface area (Å²) in [6.07, 6.45) is 5.82. The minimum absolute atomic E-state index is 0.0952. The molecule has 6 rings (SSSR count). The Hall–Kier alpha value is -4.50. The number of halogens is 2. The van der Waals surface area contributed by atoms with Crippen molar-refractivity contribution in [1.29, 1.82) is 0 Å². The van der Waals surface area contributed by atoms with Crippen molar-refractivity contribution in [3.63, 3.8) is 0 Å². The molecule has 0 saturated carbocycles. The zero-order chi connectivity index (χ0) is 27.1. The van der Waals surface area contributed by atoms with Gasteiger partial charge < -0.3 is 0 Å². The summed E-state index contributed by atoms with van der Waals surface area (Å²) in [5.41, 5.74) is 4.21. The number of allylic oxidation sites excluding steroid dienone is 2. The molecule has 0 spiro atoms. The number of nitro benzene ring substituents is 1. The minimum Gasteiger partial charge on any atom is -0.272 e. The molecule has 3 aromatic carbocycles. The van der Waals surface area contributed by atoms with Gasteiger partial charge in [0.2, 0.25) is 0 Å². The number of hydrogen-bond acceptors (Lipinski definition) is 5. The van der Waals surface area contributed by atoms with Crippen LogP contribution in [0, 0.1) is 21.7 Å². The van der Waals surface area contributed by atoms with Crippen molar-refractivity contribution in [3.05, 3.63) is 148 Å². The van der Waals surface area contributed by atoms with Crippen molar-refractivity contribution in [2.24, 2.45) is 4.99 Å². The topological polar surface area (TPSA) is 77.5 Å². The monoisotopic (exact) mass is 541 g/mol. The molecule has 0 fully saturated rings. The van der Waals surface area contributed by atoms with Gasteiger partial charge in [0.05, 0.1) is 26.8 Å². The number of aromatic nitrogens is 1. The zero-order valence-electron chi connectivity index (χ0n) is 20.5. The molecule has 1 aliphatic carbocycles. The summed E-state index contributed by atoms with van der Waals surface area (Å²) in [7, 11) is 0. The van der Waals surface area contributed by atoms with E-state index in [0.29, 0.717) is 21.3 Å². The summed E-state index contributed by atoms with van der Waals surface area (Å²) < 4.78 is 29.3. The standard InChI is InChI=1S/C30H21F2N3O3S/c31-22-12-8-18(9-13-22)16-21-5-3-6-24-27(21)33-30-34(28(24)19-10-14-23(32)15-11-19)29(36)26(39-30)17-20-4-1-2-7-25(20)35(37)38/h1-2,4,7-17,28H,3,5-6H2/b21-16+,26-17+/t28-/m1/s1. The summed E-state index contributed by atoms with van der Waals surface area (Å²) in [6.45, 7) is 0. The lowest BCUT2D eigenvalue weighted by molar-refractivity contribution is -0.385. The Balaban J connectivity index is 1.58. The second-order valence-electron chi connectivity index (χ2n) is 9.40. The van der Waals surface area contributed by atoms with E-state index in [1.807, 2.05) is 6.08 Å². The van der Waals surface area contributed by atoms with Gasteiger partial charge in [-0.3, -0.25) is 19.5 Å². The quantitative estimate of drug-likeness (QED) is 0.247. The zero-order valence-corrected chi connectivity index (χ0v) is 21.3. The summed E-state index contributed by atoms with van der Waals surface area (Å²) >= 11 is 1.17. The number of nitrogens with zero attached hydrogens (tertiary/aromatic N) is 3. The Morgan fingerprint density at radius 3 is 2.36 bits per heavy atom. The number of para-hydroxylation sites is 1. The highest BCUT2D eigenvalue weighted by Gasteiger charge is 2.32. The Morgan fingerprint density at radius 2 is 1.64 bits per heavy atom. The van der Waals surface area contributed by atoms with E-state index < -0.39 is 11.0 Å². The Morgan fingerprint density at radius 1 is 0.949 bits per heavy atom. The second-order valence-corrected chi connectivity index (χ2v) is 10.4. The minimum atomic E-state index is -0.498. The smallest absolute Gasteiger partial charge is 0.272 e. The lowest BCUT2D eigenvalue weighted by Crippen LogP contribution is -2.39. The van der Waals surface area contributed by atoms with Crippen LogP contribution in [0.3, 0.4) is 0 Å². The maximum absolute atomic E-state index is 13.9. The first-order valence-corrected chi connectivity index (χ1v) is 13.2. The van der Waals surface area contributed by atoms with Crippen molar-refractivity contribution in [2.45, 2.75) is 25.3 Å². The van der Waals surface area contributed by atoms with Crippen molar-refractivity contribution in [1.82, 2.24) is 4.57 Å². The van der Waals surface area contributed by atoms with Gasteiger partial charge in [-0.05, 0) is 84.0 Å². The van der Waals surface area contributed by atoms with E-state index in [-0.39, 0.29) is 22.9 Å². The van der Waals surface area contributed by atoms with E-state index in [1.165, 1.54) is 47.7 Å². The largest absolute Gasteiger partial charge is 0.276 e. The molecule has 39 heavy (non-hydrogen) atoms. The highest BCUT2D eigenvalue weighted by molar-refractivity contribution is 7.07. The molecule has 0 N–H and O–H groups in total. The van der Waals surface area contributed by atoms with Crippen LogP contribution in [-0.4, -0.2) is 9.49 Å². The molecular formula is C30H21F2N3O3S. The third-order valence-electron chi connectivity index (χ3n) is 6.95. The van der Waals surface area contributed by atoms with Gasteiger partial charge in [0.1, 0.15) is 11.6 Å². The molecule has 0 unspecified atom stereocenters. The molecule has 0 radical (unpaired) electrons. The normalized spacial score (nSPS) is 18.1. The fourth-order valence-electron chi connectivity index (χ4n) is 5.18. The lowest BCUT2D eigenvalue weighted by Gasteiger charge is -2.31. The molecule has 0 bridgehead atoms. The number of thiazole rings is 1. The highest BCUT2D eigenvalue weighted by atomic mass is 32.1. The van der Waals surface area contributed by atoms with E-state index in [1.54, 1.807) is 47.0 Å². The highest BCUT2D eigenvalue weighted by Crippen LogP contribution is 2.41. The van der Waals surface area contributed by atoms with Gasteiger partial charge in [-0.2, -0.15) is 0 Å². The predicted molar refractivity (Wildman–Crippen MR) is 146 cm³/mol. The van der Waals surface area contributed by atoms with E-state index in [4.69, 9.17) is 4.99 Å². The second kappa shape index (κ2) is 9.99. The van der Waals surface area contributed by atoms with Crippen LogP contribution in [0.2, 0.25) is 0 Å². The number of benzene rings is 3. The van der Waals surface area contributed by atoms with Crippen LogP contribution < -0.4 is 14.9 Å². The van der Waals surface area contributed by atoms with Crippen LogP contribution in [-0.2, 0) is 0 Å². The lowest BCUT2D eigenvalue weighted by atomic mass is 9.84. The molecule has 194 valence electrons. The van der Waals surface area contributed by atoms with Gasteiger partial charge in [-0.25, -0.2) is 13.8 Å². The molecule has 0 saturated heterocycles. The van der Waals surface area contributed by atoms with Crippen molar-refractivity contribution in [2.75, 3.05) is 0 Å². The molecule has 6 nitrogen and oxygen atoms in total. The number of fused-ring (bicyclic) bond motifs is 1. The summed E-state index contributed by atoms with van der Waals surface area (Å²) in [6, 6.07) is 18.1. The molecule has 9 heteroatoms. The fourth-order valence-corrected chi connectivity index (χ4v) is 6.17. The Kier molecular flexibility index (Phi) is 6.36. The maximum atomic E-state index is 13.9. The molecule has 4 aromatic rings. The van der Waals surface area contributed by atoms with Gasteiger partial charge in [0, 0.05) is 6.07 Å². The Bertz CT molecular complexity index is 1850. The first-order chi connectivity index (χ1) is 18.9. The van der Waals surface area contributed by atoms with Crippen LogP contribution in [0.1, 0.15) is 42.0 Å². The van der Waals surface area contributed by atoms with Crippen LogP contribution in [0.4, 0.5) is 14.5 Å². The third-order valence-corrected chi connectivity index (χ3v) is 7.93. The summed E-state index contributed by atoms with van der Waals surface area (Å²) in [4.78, 5) is 30.3. The molecule has 1 atom stereocenters. The summed E-state index contributed by atoms with van der Waals surface area (Å²) in [5, 5.41) is 11.6. The van der Waals surface area contributed by atoms with E-state index in [2.05, 4.69) is 0 Å². The molecule has 0 amide bonds. The van der Waals surface area contributed by atoms with Crippen molar-refractivity contribution >= 4 is 29.2 Å². The van der Waals surface area contributed by atoms with Gasteiger partial charge in [0.25, 0.3) is 11.2 Å². The fraction of sp³-hybridized carbons (Fsp3) is 0.133. The first-order valence-electron chi connectivity index (χ1n) is 12.4. The molecular weight excluding hydrogens is 520 g/mol. The van der Waals surface area contributed by atoms with Crippen molar-refractivity contribution in [3.8, 4) is 0 Å². The van der Waals surface area contributed by atoms with Crippen LogP contribution in [0.15, 0.2) is 99.4 Å². The number of hydrogen-bond donors (Lipinski definition) is 0. The molecule has 1 aliphatic heterocycles. The van der Waals surface area contributed by atoms with Gasteiger partial charge in [-0.1, -0.05) is 47.7 Å². The van der Waals surface area contributed by atoms with Crippen LogP contribution >= 0.6 is 11.3 Å². The van der Waals surface area contributed by atoms with Crippen LogP contribution in [0.25, 0.3) is 12.2 Å². The predicted octanol–water partition coefficient (Wildman–Crippen LogP) is 5.67. The van der Waals surface area contributed by atoms with E-state index in [9.17, 15) is 23.7 Å². The number of nitro groups is 1. The molecule has 1 aromatic heterocycles. The van der Waals surface area contributed by atoms with Crippen LogP contribution in [0.5, 0.6) is 0 Å². The van der Waals surface area contributed by atoms with Gasteiger partial charge >= 0.3 is 0 Å². The van der Waals surface area contributed by atoms with E-state index in [0.717, 1.165) is 40.8 Å². The summed E-state index contributed by atoms with van der Waals surface area (Å²) in [5.74, 6) is -0.693. The Labute approximate surface area is 225 Å². The SMILES string of the molecule is O=c1/c(=C\c2ccccc2[N+](=O)[O-])sc2n1[C@H](c1ccc(F)cc1)C1=C(N=2)/C(=C/c2ccc(F)cc2)CCC1. The molecule has 2 heterocycles. The van der Waals surface area contributed by atoms with Crippen molar-refractivity contribution < 1.29 is 13.7 Å².